The molecule has 1 N–H and O–H groups in total. The zero-order valence-electron chi connectivity index (χ0n) is 17.4. The topological polar surface area (TPSA) is 106 Å². The molecule has 1 aliphatic rings. The number of fused-ring (bicyclic) bond motifs is 1. The van der Waals surface area contributed by atoms with Gasteiger partial charge in [0.2, 0.25) is 5.88 Å². The zero-order chi connectivity index (χ0) is 22.0. The van der Waals surface area contributed by atoms with E-state index in [4.69, 9.17) is 9.47 Å². The molecule has 0 atom stereocenters. The number of hydrogen-bond donors (Lipinski definition) is 1. The quantitative estimate of drug-likeness (QED) is 0.605. The summed E-state index contributed by atoms with van der Waals surface area (Å²) in [6, 6.07) is 9.40. The van der Waals surface area contributed by atoms with Gasteiger partial charge in [0.05, 0.1) is 24.6 Å². The van der Waals surface area contributed by atoms with Gasteiger partial charge in [-0.15, -0.1) is 0 Å². The molecular formula is C22H24N4O5. The lowest BCUT2D eigenvalue weighted by Gasteiger charge is -2.30. The van der Waals surface area contributed by atoms with E-state index in [1.165, 1.54) is 18.0 Å². The van der Waals surface area contributed by atoms with E-state index >= 15 is 0 Å². The number of aromatic nitrogens is 3. The molecule has 0 radical (unpaired) electrons. The van der Waals surface area contributed by atoms with Crippen molar-refractivity contribution in [1.82, 2.24) is 19.5 Å². The highest BCUT2D eigenvalue weighted by Crippen LogP contribution is 2.31. The first kappa shape index (κ1) is 20.6. The van der Waals surface area contributed by atoms with Crippen LogP contribution in [0.25, 0.3) is 5.65 Å². The molecule has 9 nitrogen and oxygen atoms in total. The smallest absolute Gasteiger partial charge is 0.407 e. The minimum absolute atomic E-state index is 0.0872. The van der Waals surface area contributed by atoms with Gasteiger partial charge in [0.25, 0.3) is 0 Å². The van der Waals surface area contributed by atoms with Crippen LogP contribution in [0.3, 0.4) is 0 Å². The SMILES string of the molecule is COc1ccc(COc2cc(C3CCN(C(=O)O)CC3)n3ncc(C(C)=O)c3n2)cc1. The van der Waals surface area contributed by atoms with E-state index in [2.05, 4.69) is 10.1 Å². The Morgan fingerprint density at radius 3 is 2.52 bits per heavy atom. The Balaban J connectivity index is 1.63. The van der Waals surface area contributed by atoms with E-state index in [-0.39, 0.29) is 11.7 Å². The van der Waals surface area contributed by atoms with Crippen LogP contribution < -0.4 is 9.47 Å². The molecule has 2 aromatic heterocycles. The Morgan fingerprint density at radius 2 is 1.90 bits per heavy atom. The Kier molecular flexibility index (Phi) is 5.75. The summed E-state index contributed by atoms with van der Waals surface area (Å²) in [5, 5.41) is 13.6. The number of likely N-dealkylation sites (tertiary alicyclic amines) is 1. The summed E-state index contributed by atoms with van der Waals surface area (Å²) >= 11 is 0. The van der Waals surface area contributed by atoms with Crippen LogP contribution in [-0.4, -0.2) is 56.7 Å². The molecule has 3 aromatic rings. The number of benzene rings is 1. The van der Waals surface area contributed by atoms with Crippen molar-refractivity contribution in [2.45, 2.75) is 32.3 Å². The molecule has 1 fully saturated rings. The predicted molar refractivity (Wildman–Crippen MR) is 112 cm³/mol. The van der Waals surface area contributed by atoms with Crippen LogP contribution in [0.5, 0.6) is 11.6 Å². The lowest BCUT2D eigenvalue weighted by atomic mass is 9.93. The molecule has 0 unspecified atom stereocenters. The van der Waals surface area contributed by atoms with E-state index in [1.807, 2.05) is 30.3 Å². The maximum Gasteiger partial charge on any atom is 0.407 e. The third kappa shape index (κ3) is 4.30. The second-order valence-corrected chi connectivity index (χ2v) is 7.55. The first-order valence-corrected chi connectivity index (χ1v) is 10.1. The van der Waals surface area contributed by atoms with Crippen molar-refractivity contribution in [3.63, 3.8) is 0 Å². The summed E-state index contributed by atoms with van der Waals surface area (Å²) in [7, 11) is 1.62. The van der Waals surface area contributed by atoms with Gasteiger partial charge >= 0.3 is 6.09 Å². The number of amides is 1. The van der Waals surface area contributed by atoms with Crippen LogP contribution in [0.2, 0.25) is 0 Å². The molecule has 1 aromatic carbocycles. The van der Waals surface area contributed by atoms with Crippen LogP contribution in [0.4, 0.5) is 4.79 Å². The summed E-state index contributed by atoms with van der Waals surface area (Å²) in [5.74, 6) is 1.14. The molecule has 0 spiro atoms. The summed E-state index contributed by atoms with van der Waals surface area (Å²) in [4.78, 5) is 29.2. The van der Waals surface area contributed by atoms with Crippen LogP contribution in [0.1, 0.15) is 47.3 Å². The Hall–Kier alpha value is -3.62. The van der Waals surface area contributed by atoms with Gasteiger partial charge in [-0.05, 0) is 37.5 Å². The van der Waals surface area contributed by atoms with Gasteiger partial charge in [0.1, 0.15) is 12.4 Å². The normalized spacial score (nSPS) is 14.6. The highest BCUT2D eigenvalue weighted by Gasteiger charge is 2.27. The lowest BCUT2D eigenvalue weighted by molar-refractivity contribution is 0.101. The fourth-order valence-electron chi connectivity index (χ4n) is 3.82. The van der Waals surface area contributed by atoms with Gasteiger partial charge in [0, 0.05) is 25.1 Å². The average molecular weight is 424 g/mol. The van der Waals surface area contributed by atoms with E-state index in [9.17, 15) is 14.7 Å². The summed E-state index contributed by atoms with van der Waals surface area (Å²) in [5.41, 5.74) is 2.71. The first-order valence-electron chi connectivity index (χ1n) is 10.1. The van der Waals surface area contributed by atoms with Gasteiger partial charge in [-0.3, -0.25) is 4.79 Å². The summed E-state index contributed by atoms with van der Waals surface area (Å²) in [6.45, 7) is 2.70. The monoisotopic (exact) mass is 424 g/mol. The third-order valence-electron chi connectivity index (χ3n) is 5.58. The van der Waals surface area contributed by atoms with Gasteiger partial charge in [-0.2, -0.15) is 10.1 Å². The largest absolute Gasteiger partial charge is 0.497 e. The number of ether oxygens (including phenoxy) is 2. The number of Topliss-reactive ketones (excluding diaryl/α,β-unsaturated/α-hetero) is 1. The van der Waals surface area contributed by atoms with Crippen molar-refractivity contribution in [1.29, 1.82) is 0 Å². The molecule has 1 aliphatic heterocycles. The molecule has 0 aliphatic carbocycles. The van der Waals surface area contributed by atoms with Gasteiger partial charge in [-0.1, -0.05) is 12.1 Å². The minimum Gasteiger partial charge on any atom is -0.497 e. The number of hydrogen-bond acceptors (Lipinski definition) is 6. The molecular weight excluding hydrogens is 400 g/mol. The van der Waals surface area contributed by atoms with Crippen LogP contribution in [0, 0.1) is 0 Å². The zero-order valence-corrected chi connectivity index (χ0v) is 17.4. The van der Waals surface area contributed by atoms with Crippen LogP contribution >= 0.6 is 0 Å². The van der Waals surface area contributed by atoms with Crippen molar-refractivity contribution in [3.05, 3.63) is 53.3 Å². The molecule has 0 bridgehead atoms. The highest BCUT2D eigenvalue weighted by molar-refractivity contribution is 5.99. The first-order chi connectivity index (χ1) is 15.0. The fraction of sp³-hybridized carbons (Fsp3) is 0.364. The van der Waals surface area contributed by atoms with Gasteiger partial charge in [0.15, 0.2) is 11.4 Å². The van der Waals surface area contributed by atoms with E-state index in [1.54, 1.807) is 11.6 Å². The fourth-order valence-corrected chi connectivity index (χ4v) is 3.82. The van der Waals surface area contributed by atoms with Crippen LogP contribution in [0.15, 0.2) is 36.5 Å². The molecule has 1 amide bonds. The van der Waals surface area contributed by atoms with E-state index in [0.29, 0.717) is 49.6 Å². The van der Waals surface area contributed by atoms with Crippen molar-refractivity contribution >= 4 is 17.5 Å². The van der Waals surface area contributed by atoms with Crippen molar-refractivity contribution in [2.75, 3.05) is 20.2 Å². The number of rotatable bonds is 6. The number of nitrogens with zero attached hydrogens (tertiary/aromatic N) is 4. The number of carboxylic acid groups (broad SMARTS) is 1. The number of carbonyl (C=O) groups excluding carboxylic acids is 1. The maximum atomic E-state index is 12.1. The van der Waals surface area contributed by atoms with Crippen molar-refractivity contribution in [3.8, 4) is 11.6 Å². The Morgan fingerprint density at radius 1 is 1.19 bits per heavy atom. The van der Waals surface area contributed by atoms with E-state index < -0.39 is 6.09 Å². The van der Waals surface area contributed by atoms with Crippen LogP contribution in [-0.2, 0) is 6.61 Å². The molecule has 4 rings (SSSR count). The Bertz CT molecular complexity index is 1100. The molecule has 9 heteroatoms. The average Bonchev–Trinajstić information content (AvgIpc) is 3.22. The molecule has 162 valence electrons. The number of ketones is 1. The summed E-state index contributed by atoms with van der Waals surface area (Å²) in [6.07, 6.45) is 1.95. The second kappa shape index (κ2) is 8.63. The standard InChI is InChI=1S/C22H24N4O5/c1-14(27)18-12-23-26-19(16-7-9-25(10-8-16)22(28)29)11-20(24-21(18)26)31-13-15-3-5-17(30-2)6-4-15/h3-6,11-12,16H,7-10,13H2,1-2H3,(H,28,29). The maximum absolute atomic E-state index is 12.1. The van der Waals surface area contributed by atoms with Gasteiger partial charge < -0.3 is 19.5 Å². The van der Waals surface area contributed by atoms with E-state index in [0.717, 1.165) is 17.0 Å². The second-order valence-electron chi connectivity index (χ2n) is 7.55. The third-order valence-corrected chi connectivity index (χ3v) is 5.58. The van der Waals surface area contributed by atoms with Crippen molar-refractivity contribution in [2.24, 2.45) is 0 Å². The molecule has 0 saturated carbocycles. The Labute approximate surface area is 179 Å². The molecule has 1 saturated heterocycles. The highest BCUT2D eigenvalue weighted by atomic mass is 16.5. The molecule has 31 heavy (non-hydrogen) atoms. The molecule has 3 heterocycles. The number of piperidine rings is 1. The summed E-state index contributed by atoms with van der Waals surface area (Å²) < 4.78 is 12.8. The predicted octanol–water partition coefficient (Wildman–Crippen LogP) is 3.38. The number of methoxy groups -OCH3 is 1. The van der Waals surface area contributed by atoms with Crippen molar-refractivity contribution < 1.29 is 24.2 Å². The number of carbonyl (C=O) groups is 2. The lowest BCUT2D eigenvalue weighted by Crippen LogP contribution is -2.37. The minimum atomic E-state index is -0.903. The van der Waals surface area contributed by atoms with Gasteiger partial charge in [-0.25, -0.2) is 9.31 Å².